The van der Waals surface area contributed by atoms with E-state index < -0.39 is 5.91 Å². The Kier molecular flexibility index (Phi) is 4.17. The van der Waals surface area contributed by atoms with Gasteiger partial charge in [0.25, 0.3) is 0 Å². The van der Waals surface area contributed by atoms with Crippen molar-refractivity contribution in [1.82, 2.24) is 5.32 Å². The van der Waals surface area contributed by atoms with Gasteiger partial charge in [-0.2, -0.15) is 0 Å². The van der Waals surface area contributed by atoms with Crippen LogP contribution in [-0.4, -0.2) is 17.5 Å². The van der Waals surface area contributed by atoms with Gasteiger partial charge in [0.15, 0.2) is 10.4 Å². The molecule has 23 heavy (non-hydrogen) atoms. The van der Waals surface area contributed by atoms with Gasteiger partial charge in [-0.1, -0.05) is 19.9 Å². The number of halogens is 1. The Morgan fingerprint density at radius 1 is 1.35 bits per heavy atom. The Labute approximate surface area is 142 Å². The van der Waals surface area contributed by atoms with E-state index in [-0.39, 0.29) is 23.5 Å². The molecule has 0 aromatic carbocycles. The van der Waals surface area contributed by atoms with Crippen molar-refractivity contribution in [2.45, 2.75) is 13.8 Å². The van der Waals surface area contributed by atoms with Crippen molar-refractivity contribution in [2.75, 3.05) is 0 Å². The number of allylic oxidation sites excluding steroid dienone is 3. The molecule has 1 N–H and O–H groups in total. The van der Waals surface area contributed by atoms with Gasteiger partial charge in [0, 0.05) is 17.7 Å². The summed E-state index contributed by atoms with van der Waals surface area (Å²) in [4.78, 5) is 27.9. The second-order valence-corrected chi connectivity index (χ2v) is 6.45. The molecule has 0 saturated heterocycles. The van der Waals surface area contributed by atoms with Crippen LogP contribution in [0.2, 0.25) is 0 Å². The topological polar surface area (TPSA) is 71.7 Å². The first-order valence-electron chi connectivity index (χ1n) is 7.24. The number of hydrogen-bond donors (Lipinski definition) is 1. The van der Waals surface area contributed by atoms with Crippen molar-refractivity contribution < 1.29 is 14.0 Å². The molecule has 1 unspecified atom stereocenters. The smallest absolute Gasteiger partial charge is 0.313 e. The number of hydrogen-bond acceptors (Lipinski definition) is 3. The second kappa shape index (κ2) is 6.12. The van der Waals surface area contributed by atoms with Crippen LogP contribution in [0.5, 0.6) is 0 Å². The third-order valence-electron chi connectivity index (χ3n) is 3.70. The zero-order valence-electron chi connectivity index (χ0n) is 12.7. The van der Waals surface area contributed by atoms with E-state index >= 15 is 0 Å². The van der Waals surface area contributed by atoms with E-state index in [0.29, 0.717) is 10.4 Å². The molecule has 1 aliphatic carbocycles. The van der Waals surface area contributed by atoms with Crippen molar-refractivity contribution in [3.8, 4) is 0 Å². The average molecular weight is 375 g/mol. The molecule has 0 radical (unpaired) electrons. The highest BCUT2D eigenvalue weighted by atomic mass is 79.9. The van der Waals surface area contributed by atoms with Gasteiger partial charge < -0.3 is 9.73 Å². The maximum absolute atomic E-state index is 12.1. The van der Waals surface area contributed by atoms with Crippen molar-refractivity contribution in [3.63, 3.8) is 0 Å². The third kappa shape index (κ3) is 3.27. The van der Waals surface area contributed by atoms with Crippen molar-refractivity contribution in [2.24, 2.45) is 16.8 Å². The minimum absolute atomic E-state index is 0.0273. The maximum Gasteiger partial charge on any atom is 0.313 e. The normalized spacial score (nSPS) is 21.8. The molecule has 2 aliphatic rings. The molecule has 1 aromatic heterocycles. The van der Waals surface area contributed by atoms with Crippen LogP contribution in [0.4, 0.5) is 0 Å². The summed E-state index contributed by atoms with van der Waals surface area (Å²) in [5.74, 6) is -0.160. The van der Waals surface area contributed by atoms with E-state index in [1.54, 1.807) is 30.4 Å². The number of fused-ring (bicyclic) bond motifs is 1. The molecule has 2 amide bonds. The van der Waals surface area contributed by atoms with Crippen molar-refractivity contribution in [3.05, 3.63) is 58.1 Å². The number of carbonyl (C=O) groups is 2. The highest BCUT2D eigenvalue weighted by Crippen LogP contribution is 2.31. The molecule has 6 heteroatoms. The van der Waals surface area contributed by atoms with Gasteiger partial charge in [-0.3, -0.25) is 9.59 Å². The molecule has 0 bridgehead atoms. The van der Waals surface area contributed by atoms with Gasteiger partial charge in [-0.15, -0.1) is 0 Å². The summed E-state index contributed by atoms with van der Waals surface area (Å²) in [7, 11) is 0. The molecule has 2 heterocycles. The summed E-state index contributed by atoms with van der Waals surface area (Å²) in [5, 5.41) is 2.82. The van der Waals surface area contributed by atoms with Crippen LogP contribution in [0.3, 0.4) is 0 Å². The molecule has 1 aromatic rings. The lowest BCUT2D eigenvalue weighted by atomic mass is 9.82. The molecular formula is C17H15BrN2O3. The van der Waals surface area contributed by atoms with E-state index in [4.69, 9.17) is 4.42 Å². The average Bonchev–Trinajstić information content (AvgIpc) is 2.92. The van der Waals surface area contributed by atoms with E-state index in [0.717, 1.165) is 11.3 Å². The predicted molar refractivity (Wildman–Crippen MR) is 90.0 cm³/mol. The zero-order valence-corrected chi connectivity index (χ0v) is 14.3. The fourth-order valence-electron chi connectivity index (χ4n) is 2.62. The standard InChI is InChI=1S/C17H15BrN2O3/c1-9(2)12-8-16(21)20-13-7-10(3-4-11(12)13)19-17(22)14-5-6-15(18)23-14/h3-9,11H,1-2H3,(H,20,21). The second-order valence-electron chi connectivity index (χ2n) is 5.67. The number of furan rings is 1. The van der Waals surface area contributed by atoms with Crippen LogP contribution in [0.15, 0.2) is 61.8 Å². The number of nitrogens with one attached hydrogen (secondary N) is 1. The Bertz CT molecular complexity index is 797. The van der Waals surface area contributed by atoms with Gasteiger partial charge in [0.05, 0.1) is 5.71 Å². The van der Waals surface area contributed by atoms with Crippen LogP contribution in [-0.2, 0) is 4.79 Å². The lowest BCUT2D eigenvalue weighted by Gasteiger charge is -2.29. The molecule has 0 fully saturated rings. The Morgan fingerprint density at radius 2 is 2.13 bits per heavy atom. The van der Waals surface area contributed by atoms with Crippen molar-refractivity contribution in [1.29, 1.82) is 0 Å². The highest BCUT2D eigenvalue weighted by molar-refractivity contribution is 9.10. The van der Waals surface area contributed by atoms with Gasteiger partial charge >= 0.3 is 5.91 Å². The lowest BCUT2D eigenvalue weighted by molar-refractivity contribution is -0.116. The molecule has 0 saturated carbocycles. The first kappa shape index (κ1) is 15.7. The Morgan fingerprint density at radius 3 is 2.78 bits per heavy atom. The summed E-state index contributed by atoms with van der Waals surface area (Å²) < 4.78 is 5.67. The molecule has 1 aliphatic heterocycles. The van der Waals surface area contributed by atoms with E-state index in [1.807, 2.05) is 6.08 Å². The van der Waals surface area contributed by atoms with E-state index in [2.05, 4.69) is 40.1 Å². The highest BCUT2D eigenvalue weighted by Gasteiger charge is 2.28. The first-order valence-corrected chi connectivity index (χ1v) is 8.04. The number of nitrogens with zero attached hydrogens (tertiary/aromatic N) is 1. The predicted octanol–water partition coefficient (Wildman–Crippen LogP) is 3.41. The van der Waals surface area contributed by atoms with Gasteiger partial charge in [-0.05, 0) is 51.7 Å². The Balaban J connectivity index is 1.88. The molecular weight excluding hydrogens is 360 g/mol. The summed E-state index contributed by atoms with van der Waals surface area (Å²) in [5.41, 5.74) is 2.28. The Hall–Kier alpha value is -2.21. The van der Waals surface area contributed by atoms with Crippen molar-refractivity contribution >= 4 is 33.5 Å². The van der Waals surface area contributed by atoms with Gasteiger partial charge in [-0.25, -0.2) is 4.99 Å². The van der Waals surface area contributed by atoms with Crippen LogP contribution in [0, 0.1) is 11.8 Å². The van der Waals surface area contributed by atoms with E-state index in [1.165, 1.54) is 0 Å². The minimum atomic E-state index is -0.465. The zero-order chi connectivity index (χ0) is 16.6. The SMILES string of the molecule is CC(C)C1=CC(=O)NC2=CC(=NC(=O)c3ccc(Br)o3)C=CC21. The largest absolute Gasteiger partial charge is 0.444 e. The first-order chi connectivity index (χ1) is 10.9. The molecule has 3 rings (SSSR count). The monoisotopic (exact) mass is 374 g/mol. The summed E-state index contributed by atoms with van der Waals surface area (Å²) in [6.45, 7) is 4.11. The molecule has 1 atom stereocenters. The summed E-state index contributed by atoms with van der Waals surface area (Å²) in [6.07, 6.45) is 7.11. The van der Waals surface area contributed by atoms with Crippen LogP contribution >= 0.6 is 15.9 Å². The van der Waals surface area contributed by atoms with E-state index in [9.17, 15) is 9.59 Å². The quantitative estimate of drug-likeness (QED) is 0.861. The number of carbonyl (C=O) groups excluding carboxylic acids is 2. The lowest BCUT2D eigenvalue weighted by Crippen LogP contribution is -2.34. The molecule has 5 nitrogen and oxygen atoms in total. The fraction of sp³-hybridized carbons (Fsp3) is 0.235. The van der Waals surface area contributed by atoms with Gasteiger partial charge in [0.1, 0.15) is 0 Å². The van der Waals surface area contributed by atoms with Crippen LogP contribution in [0.1, 0.15) is 24.4 Å². The van der Waals surface area contributed by atoms with Crippen LogP contribution < -0.4 is 5.32 Å². The van der Waals surface area contributed by atoms with Crippen LogP contribution in [0.25, 0.3) is 0 Å². The molecule has 0 spiro atoms. The fourth-order valence-corrected chi connectivity index (χ4v) is 2.92. The summed E-state index contributed by atoms with van der Waals surface area (Å²) >= 11 is 3.15. The summed E-state index contributed by atoms with van der Waals surface area (Å²) in [6, 6.07) is 3.20. The number of aliphatic imine (C=N–C) groups is 1. The third-order valence-corrected chi connectivity index (χ3v) is 4.13. The number of amides is 2. The molecule has 118 valence electrons. The minimum Gasteiger partial charge on any atom is -0.444 e. The van der Waals surface area contributed by atoms with Gasteiger partial charge in [0.2, 0.25) is 5.91 Å². The number of rotatable bonds is 2. The maximum atomic E-state index is 12.1.